The number of H-pyrrole nitrogens is 2. The molecular weight excluding hydrogens is 193 g/mol. The molecule has 0 aliphatic heterocycles. The van der Waals surface area contributed by atoms with Crippen LogP contribution >= 0.6 is 0 Å². The number of hydrogen-bond donors (Lipinski definition) is 2. The molecule has 3 rings (SSSR count). The van der Waals surface area contributed by atoms with Crippen LogP contribution in [0.5, 0.6) is 0 Å². The molecule has 0 aliphatic rings. The van der Waals surface area contributed by atoms with Crippen molar-refractivity contribution in [2.75, 3.05) is 0 Å². The zero-order chi connectivity index (χ0) is 10.3. The van der Waals surface area contributed by atoms with Crippen molar-refractivity contribution in [3.8, 4) is 11.4 Å². The molecule has 74 valence electrons. The van der Waals surface area contributed by atoms with Gasteiger partial charge in [-0.1, -0.05) is 6.07 Å². The first-order valence-electron chi connectivity index (χ1n) is 4.61. The van der Waals surface area contributed by atoms with Gasteiger partial charge in [-0.3, -0.25) is 5.10 Å². The van der Waals surface area contributed by atoms with Gasteiger partial charge in [0, 0.05) is 17.1 Å². The average molecular weight is 201 g/mol. The van der Waals surface area contributed by atoms with Gasteiger partial charge in [-0.15, -0.1) is 0 Å². The van der Waals surface area contributed by atoms with Gasteiger partial charge in [-0.25, -0.2) is 4.39 Å². The van der Waals surface area contributed by atoms with Gasteiger partial charge in [0.05, 0.1) is 11.4 Å². The average Bonchev–Trinajstić information content (AvgIpc) is 2.86. The number of hydrogen-bond acceptors (Lipinski definition) is 1. The van der Waals surface area contributed by atoms with Crippen LogP contribution < -0.4 is 0 Å². The van der Waals surface area contributed by atoms with Crippen LogP contribution in [0.4, 0.5) is 4.39 Å². The smallest absolute Gasteiger partial charge is 0.132 e. The maximum absolute atomic E-state index is 13.4. The van der Waals surface area contributed by atoms with Crippen LogP contribution in [-0.4, -0.2) is 15.2 Å². The largest absolute Gasteiger partial charge is 0.353 e. The summed E-state index contributed by atoms with van der Waals surface area (Å²) in [5.41, 5.74) is 2.48. The topological polar surface area (TPSA) is 44.5 Å². The molecule has 0 atom stereocenters. The van der Waals surface area contributed by atoms with Crippen LogP contribution in [0, 0.1) is 5.82 Å². The van der Waals surface area contributed by atoms with Crippen LogP contribution in [0.1, 0.15) is 0 Å². The van der Waals surface area contributed by atoms with Crippen molar-refractivity contribution < 1.29 is 4.39 Å². The van der Waals surface area contributed by atoms with E-state index < -0.39 is 0 Å². The predicted octanol–water partition coefficient (Wildman–Crippen LogP) is 2.70. The minimum Gasteiger partial charge on any atom is -0.353 e. The third-order valence-electron chi connectivity index (χ3n) is 2.40. The number of aromatic amines is 2. The molecule has 0 amide bonds. The standard InChI is InChI=1S/C11H8FN3/c12-8-2-1-3-9-7(8)6-11(14-9)10-4-5-13-15-10/h1-6,14H,(H,13,15). The fraction of sp³-hybridized carbons (Fsp3) is 0. The summed E-state index contributed by atoms with van der Waals surface area (Å²) in [6.45, 7) is 0. The van der Waals surface area contributed by atoms with E-state index in [1.165, 1.54) is 6.07 Å². The molecular formula is C11H8FN3. The molecule has 0 saturated carbocycles. The summed E-state index contributed by atoms with van der Waals surface area (Å²) >= 11 is 0. The number of fused-ring (bicyclic) bond motifs is 1. The highest BCUT2D eigenvalue weighted by Crippen LogP contribution is 2.24. The van der Waals surface area contributed by atoms with Crippen LogP contribution in [-0.2, 0) is 0 Å². The minimum atomic E-state index is -0.213. The highest BCUT2D eigenvalue weighted by molar-refractivity contribution is 5.85. The summed E-state index contributed by atoms with van der Waals surface area (Å²) in [4.78, 5) is 3.13. The van der Waals surface area contributed by atoms with Gasteiger partial charge in [-0.05, 0) is 24.3 Å². The van der Waals surface area contributed by atoms with Gasteiger partial charge >= 0.3 is 0 Å². The Morgan fingerprint density at radius 2 is 2.07 bits per heavy atom. The monoisotopic (exact) mass is 201 g/mol. The first kappa shape index (κ1) is 8.23. The summed E-state index contributed by atoms with van der Waals surface area (Å²) in [6, 6.07) is 8.59. The number of nitrogens with one attached hydrogen (secondary N) is 2. The SMILES string of the molecule is Fc1cccc2[nH]c(-c3ccn[nH]3)cc12. The Hall–Kier alpha value is -2.10. The van der Waals surface area contributed by atoms with Gasteiger partial charge in [0.15, 0.2) is 0 Å². The predicted molar refractivity (Wildman–Crippen MR) is 55.8 cm³/mol. The quantitative estimate of drug-likeness (QED) is 0.624. The highest BCUT2D eigenvalue weighted by Gasteiger charge is 2.06. The summed E-state index contributed by atoms with van der Waals surface area (Å²) in [5.74, 6) is -0.213. The van der Waals surface area contributed by atoms with E-state index in [9.17, 15) is 4.39 Å². The molecule has 3 aromatic rings. The molecule has 0 bridgehead atoms. The Morgan fingerprint density at radius 3 is 2.80 bits per heavy atom. The van der Waals surface area contributed by atoms with Gasteiger partial charge < -0.3 is 4.98 Å². The molecule has 4 heteroatoms. The lowest BCUT2D eigenvalue weighted by atomic mass is 10.2. The van der Waals surface area contributed by atoms with E-state index in [0.29, 0.717) is 5.39 Å². The van der Waals surface area contributed by atoms with E-state index in [4.69, 9.17) is 0 Å². The number of halogens is 1. The Morgan fingerprint density at radius 1 is 1.13 bits per heavy atom. The molecule has 3 nitrogen and oxygen atoms in total. The molecule has 0 fully saturated rings. The van der Waals surface area contributed by atoms with Crippen molar-refractivity contribution >= 4 is 10.9 Å². The maximum atomic E-state index is 13.4. The Kier molecular flexibility index (Phi) is 1.62. The summed E-state index contributed by atoms with van der Waals surface area (Å²) < 4.78 is 13.4. The van der Waals surface area contributed by atoms with E-state index >= 15 is 0 Å². The lowest BCUT2D eigenvalue weighted by molar-refractivity contribution is 0.640. The molecule has 2 N–H and O–H groups in total. The molecule has 0 spiro atoms. The van der Waals surface area contributed by atoms with E-state index in [1.54, 1.807) is 18.3 Å². The van der Waals surface area contributed by atoms with Gasteiger partial charge in [0.2, 0.25) is 0 Å². The maximum Gasteiger partial charge on any atom is 0.132 e. The number of benzene rings is 1. The summed E-state index contributed by atoms with van der Waals surface area (Å²) in [6.07, 6.45) is 1.66. The van der Waals surface area contributed by atoms with Gasteiger partial charge in [-0.2, -0.15) is 5.10 Å². The van der Waals surface area contributed by atoms with E-state index in [-0.39, 0.29) is 5.82 Å². The normalized spacial score (nSPS) is 11.0. The molecule has 1 aromatic carbocycles. The molecule has 15 heavy (non-hydrogen) atoms. The second-order valence-electron chi connectivity index (χ2n) is 3.35. The lowest BCUT2D eigenvalue weighted by Crippen LogP contribution is -1.75. The van der Waals surface area contributed by atoms with E-state index in [2.05, 4.69) is 15.2 Å². The van der Waals surface area contributed by atoms with Crippen molar-refractivity contribution in [2.45, 2.75) is 0 Å². The van der Waals surface area contributed by atoms with E-state index in [0.717, 1.165) is 16.9 Å². The zero-order valence-electron chi connectivity index (χ0n) is 7.79. The van der Waals surface area contributed by atoms with Crippen molar-refractivity contribution in [2.24, 2.45) is 0 Å². The van der Waals surface area contributed by atoms with Crippen LogP contribution in [0.25, 0.3) is 22.3 Å². The molecule has 0 unspecified atom stereocenters. The first-order valence-corrected chi connectivity index (χ1v) is 4.61. The Labute approximate surface area is 84.9 Å². The van der Waals surface area contributed by atoms with Gasteiger partial charge in [0.25, 0.3) is 0 Å². The number of rotatable bonds is 1. The zero-order valence-corrected chi connectivity index (χ0v) is 7.79. The Balaban J connectivity index is 2.27. The molecule has 0 radical (unpaired) electrons. The van der Waals surface area contributed by atoms with Crippen LogP contribution in [0.15, 0.2) is 36.5 Å². The third kappa shape index (κ3) is 1.22. The highest BCUT2D eigenvalue weighted by atomic mass is 19.1. The fourth-order valence-corrected chi connectivity index (χ4v) is 1.67. The van der Waals surface area contributed by atoms with Crippen molar-refractivity contribution in [3.05, 3.63) is 42.3 Å². The summed E-state index contributed by atoms with van der Waals surface area (Å²) in [7, 11) is 0. The fourth-order valence-electron chi connectivity index (χ4n) is 1.67. The molecule has 2 heterocycles. The van der Waals surface area contributed by atoms with Crippen LogP contribution in [0.2, 0.25) is 0 Å². The van der Waals surface area contributed by atoms with E-state index in [1.807, 2.05) is 12.1 Å². The number of aromatic nitrogens is 3. The molecule has 0 aliphatic carbocycles. The second kappa shape index (κ2) is 2.95. The third-order valence-corrected chi connectivity index (χ3v) is 2.40. The van der Waals surface area contributed by atoms with Gasteiger partial charge in [0.1, 0.15) is 5.82 Å². The van der Waals surface area contributed by atoms with Crippen molar-refractivity contribution in [3.63, 3.8) is 0 Å². The molecule has 0 saturated heterocycles. The lowest BCUT2D eigenvalue weighted by Gasteiger charge is -1.89. The summed E-state index contributed by atoms with van der Waals surface area (Å²) in [5, 5.41) is 7.28. The van der Waals surface area contributed by atoms with Crippen LogP contribution in [0.3, 0.4) is 0 Å². The molecule has 2 aromatic heterocycles. The minimum absolute atomic E-state index is 0.213. The first-order chi connectivity index (χ1) is 7.34. The number of nitrogens with zero attached hydrogens (tertiary/aromatic N) is 1. The van der Waals surface area contributed by atoms with Crippen molar-refractivity contribution in [1.29, 1.82) is 0 Å². The Bertz CT molecular complexity index is 595. The second-order valence-corrected chi connectivity index (χ2v) is 3.35. The van der Waals surface area contributed by atoms with Crippen molar-refractivity contribution in [1.82, 2.24) is 15.2 Å².